The third-order valence-corrected chi connectivity index (χ3v) is 3.82. The highest BCUT2D eigenvalue weighted by Gasteiger charge is 2.29. The summed E-state index contributed by atoms with van der Waals surface area (Å²) >= 11 is 0. The van der Waals surface area contributed by atoms with Gasteiger partial charge in [0.15, 0.2) is 0 Å². The highest BCUT2D eigenvalue weighted by molar-refractivity contribution is 5.39. The zero-order valence-corrected chi connectivity index (χ0v) is 12.3. The highest BCUT2D eigenvalue weighted by Crippen LogP contribution is 2.40. The number of aryl methyl sites for hydroxylation is 1. The molecule has 1 aliphatic rings. The Labute approximate surface area is 124 Å². The fourth-order valence-corrected chi connectivity index (χ4v) is 2.75. The van der Waals surface area contributed by atoms with Gasteiger partial charge >= 0.3 is 0 Å². The third kappa shape index (κ3) is 2.90. The van der Waals surface area contributed by atoms with Crippen LogP contribution in [0, 0.1) is 12.7 Å². The summed E-state index contributed by atoms with van der Waals surface area (Å²) in [6, 6.07) is 8.85. The van der Waals surface area contributed by atoms with Crippen molar-refractivity contribution >= 4 is 0 Å². The molecule has 0 spiro atoms. The monoisotopic (exact) mass is 286 g/mol. The van der Waals surface area contributed by atoms with Gasteiger partial charge in [-0.25, -0.2) is 4.39 Å². The van der Waals surface area contributed by atoms with Gasteiger partial charge in [-0.05, 0) is 37.7 Å². The number of ether oxygens (including phenoxy) is 1. The lowest BCUT2D eigenvalue weighted by Crippen LogP contribution is -2.29. The van der Waals surface area contributed by atoms with Crippen LogP contribution < -0.4 is 10.1 Å². The van der Waals surface area contributed by atoms with Gasteiger partial charge in [0.2, 0.25) is 0 Å². The molecule has 4 heteroatoms. The van der Waals surface area contributed by atoms with Crippen LogP contribution in [-0.2, 0) is 0 Å². The number of hydrogen-bond acceptors (Lipinski definition) is 3. The number of pyridine rings is 1. The summed E-state index contributed by atoms with van der Waals surface area (Å²) in [6.07, 6.45) is 2.58. The minimum atomic E-state index is -0.226. The van der Waals surface area contributed by atoms with E-state index in [0.717, 1.165) is 35.5 Å². The predicted molar refractivity (Wildman–Crippen MR) is 79.8 cm³/mol. The molecule has 0 bridgehead atoms. The van der Waals surface area contributed by atoms with Crippen molar-refractivity contribution in [2.45, 2.75) is 32.4 Å². The molecule has 2 aromatic rings. The molecule has 0 saturated carbocycles. The van der Waals surface area contributed by atoms with Gasteiger partial charge in [-0.15, -0.1) is 0 Å². The summed E-state index contributed by atoms with van der Waals surface area (Å²) in [4.78, 5) is 4.34. The van der Waals surface area contributed by atoms with Gasteiger partial charge in [0.25, 0.3) is 0 Å². The zero-order valence-electron chi connectivity index (χ0n) is 12.3. The molecule has 2 unspecified atom stereocenters. The third-order valence-electron chi connectivity index (χ3n) is 3.82. The van der Waals surface area contributed by atoms with Gasteiger partial charge in [0, 0.05) is 35.5 Å². The fraction of sp³-hybridized carbons (Fsp3) is 0.353. The molecule has 3 nitrogen and oxygen atoms in total. The Morgan fingerprint density at radius 3 is 2.90 bits per heavy atom. The van der Waals surface area contributed by atoms with Crippen LogP contribution in [0.4, 0.5) is 4.39 Å². The number of nitrogens with one attached hydrogen (secondary N) is 1. The Bertz CT molecular complexity index is 627. The maximum atomic E-state index is 13.5. The highest BCUT2D eigenvalue weighted by atomic mass is 19.1. The van der Waals surface area contributed by atoms with Gasteiger partial charge in [-0.2, -0.15) is 0 Å². The van der Waals surface area contributed by atoms with Crippen molar-refractivity contribution in [3.05, 3.63) is 59.2 Å². The molecule has 1 aliphatic heterocycles. The number of fused-ring (bicyclic) bond motifs is 1. The number of benzene rings is 1. The summed E-state index contributed by atoms with van der Waals surface area (Å²) in [6.45, 7) is 4.85. The van der Waals surface area contributed by atoms with Crippen molar-refractivity contribution in [1.29, 1.82) is 0 Å². The van der Waals surface area contributed by atoms with E-state index in [-0.39, 0.29) is 18.0 Å². The maximum Gasteiger partial charge on any atom is 0.127 e. The molecule has 21 heavy (non-hydrogen) atoms. The average Bonchev–Trinajstić information content (AvgIpc) is 2.48. The number of aromatic nitrogens is 1. The normalized spacial score (nSPS) is 20.7. The summed E-state index contributed by atoms with van der Waals surface area (Å²) in [7, 11) is 0. The van der Waals surface area contributed by atoms with E-state index >= 15 is 0 Å². The predicted octanol–water partition coefficient (Wildman–Crippen LogP) is 3.70. The standard InChI is InChI=1S/C17H19FN2O/c1-3-19-15-9-17(12-5-4-11(2)20-10-12)21-16-7-6-13(18)8-14(15)16/h4-8,10,15,17,19H,3,9H2,1-2H3. The number of halogens is 1. The Balaban J connectivity index is 1.93. The van der Waals surface area contributed by atoms with Crippen LogP contribution in [0.2, 0.25) is 0 Å². The molecule has 0 fully saturated rings. The molecule has 0 amide bonds. The Hall–Kier alpha value is -1.94. The number of hydrogen-bond donors (Lipinski definition) is 1. The minimum Gasteiger partial charge on any atom is -0.485 e. The summed E-state index contributed by atoms with van der Waals surface area (Å²) in [5, 5.41) is 3.41. The van der Waals surface area contributed by atoms with Gasteiger partial charge < -0.3 is 10.1 Å². The summed E-state index contributed by atoms with van der Waals surface area (Å²) < 4.78 is 19.5. The Kier molecular flexibility index (Phi) is 3.88. The number of rotatable bonds is 3. The second kappa shape index (κ2) is 5.82. The largest absolute Gasteiger partial charge is 0.485 e. The quantitative estimate of drug-likeness (QED) is 0.934. The van der Waals surface area contributed by atoms with E-state index in [1.165, 1.54) is 6.07 Å². The van der Waals surface area contributed by atoms with Gasteiger partial charge in [0.05, 0.1) is 0 Å². The van der Waals surface area contributed by atoms with E-state index in [9.17, 15) is 4.39 Å². The van der Waals surface area contributed by atoms with Crippen molar-refractivity contribution in [2.24, 2.45) is 0 Å². The molecule has 0 saturated heterocycles. The lowest BCUT2D eigenvalue weighted by molar-refractivity contribution is 0.151. The fourth-order valence-electron chi connectivity index (χ4n) is 2.75. The molecule has 2 heterocycles. The van der Waals surface area contributed by atoms with Crippen LogP contribution in [0.15, 0.2) is 36.5 Å². The van der Waals surface area contributed by atoms with E-state index in [1.807, 2.05) is 25.3 Å². The molecule has 1 aromatic carbocycles. The molecule has 2 atom stereocenters. The van der Waals surface area contributed by atoms with Crippen molar-refractivity contribution in [3.63, 3.8) is 0 Å². The molecule has 1 N–H and O–H groups in total. The lowest BCUT2D eigenvalue weighted by atomic mass is 9.93. The van der Waals surface area contributed by atoms with E-state index in [1.54, 1.807) is 12.1 Å². The van der Waals surface area contributed by atoms with Crippen LogP contribution in [0.5, 0.6) is 5.75 Å². The van der Waals surface area contributed by atoms with E-state index < -0.39 is 0 Å². The van der Waals surface area contributed by atoms with Gasteiger partial charge in [0.1, 0.15) is 17.7 Å². The molecular formula is C17H19FN2O. The maximum absolute atomic E-state index is 13.5. The first-order valence-corrected chi connectivity index (χ1v) is 7.29. The lowest BCUT2D eigenvalue weighted by Gasteiger charge is -2.32. The molecule has 110 valence electrons. The molecule has 1 aromatic heterocycles. The van der Waals surface area contributed by atoms with E-state index in [4.69, 9.17) is 4.74 Å². The van der Waals surface area contributed by atoms with Crippen molar-refractivity contribution in [1.82, 2.24) is 10.3 Å². The summed E-state index contributed by atoms with van der Waals surface area (Å²) in [5.41, 5.74) is 2.94. The molecular weight excluding hydrogens is 267 g/mol. The first-order chi connectivity index (χ1) is 10.2. The second-order valence-corrected chi connectivity index (χ2v) is 5.37. The first-order valence-electron chi connectivity index (χ1n) is 7.29. The van der Waals surface area contributed by atoms with E-state index in [0.29, 0.717) is 0 Å². The first kappa shape index (κ1) is 14.0. The van der Waals surface area contributed by atoms with Crippen LogP contribution in [0.3, 0.4) is 0 Å². The smallest absolute Gasteiger partial charge is 0.127 e. The van der Waals surface area contributed by atoms with Crippen molar-refractivity contribution in [3.8, 4) is 5.75 Å². The van der Waals surface area contributed by atoms with Crippen molar-refractivity contribution in [2.75, 3.05) is 6.54 Å². The van der Waals surface area contributed by atoms with Crippen LogP contribution in [0.25, 0.3) is 0 Å². The average molecular weight is 286 g/mol. The Morgan fingerprint density at radius 2 is 2.19 bits per heavy atom. The van der Waals surface area contributed by atoms with E-state index in [2.05, 4.69) is 17.2 Å². The molecule has 3 rings (SSSR count). The zero-order chi connectivity index (χ0) is 14.8. The van der Waals surface area contributed by atoms with Crippen molar-refractivity contribution < 1.29 is 9.13 Å². The van der Waals surface area contributed by atoms with Gasteiger partial charge in [-0.3, -0.25) is 4.98 Å². The number of nitrogens with zero attached hydrogens (tertiary/aromatic N) is 1. The molecule has 0 radical (unpaired) electrons. The van der Waals surface area contributed by atoms with Crippen LogP contribution >= 0.6 is 0 Å². The molecule has 0 aliphatic carbocycles. The topological polar surface area (TPSA) is 34.2 Å². The van der Waals surface area contributed by atoms with Crippen LogP contribution in [0.1, 0.15) is 42.3 Å². The van der Waals surface area contributed by atoms with Crippen LogP contribution in [-0.4, -0.2) is 11.5 Å². The minimum absolute atomic E-state index is 0.0555. The second-order valence-electron chi connectivity index (χ2n) is 5.37. The summed E-state index contributed by atoms with van der Waals surface area (Å²) in [5.74, 6) is 0.523. The Morgan fingerprint density at radius 1 is 1.33 bits per heavy atom. The van der Waals surface area contributed by atoms with Gasteiger partial charge in [-0.1, -0.05) is 13.0 Å². The SMILES string of the molecule is CCNC1CC(c2ccc(C)nc2)Oc2ccc(F)cc21.